The highest BCUT2D eigenvalue weighted by molar-refractivity contribution is 6.10. The first-order valence-electron chi connectivity index (χ1n) is 7.43. The monoisotopic (exact) mass is 277 g/mol. The van der Waals surface area contributed by atoms with Crippen molar-refractivity contribution in [3.8, 4) is 0 Å². The van der Waals surface area contributed by atoms with Gasteiger partial charge in [0.1, 0.15) is 0 Å². The lowest BCUT2D eigenvalue weighted by Crippen LogP contribution is -2.24. The predicted octanol–water partition coefficient (Wildman–Crippen LogP) is 5.23. The molecule has 21 heavy (non-hydrogen) atoms. The zero-order valence-electron chi connectivity index (χ0n) is 12.8. The van der Waals surface area contributed by atoms with E-state index in [4.69, 9.17) is 4.99 Å². The number of nitrogens with zero attached hydrogens (tertiary/aromatic N) is 1. The Morgan fingerprint density at radius 2 is 2.05 bits per heavy atom. The van der Waals surface area contributed by atoms with E-state index in [0.29, 0.717) is 5.92 Å². The summed E-state index contributed by atoms with van der Waals surface area (Å²) in [6.07, 6.45) is 9.91. The molecule has 0 radical (unpaired) electrons. The summed E-state index contributed by atoms with van der Waals surface area (Å²) in [7, 11) is 0. The first-order valence-corrected chi connectivity index (χ1v) is 7.43. The average Bonchev–Trinajstić information content (AvgIpc) is 2.52. The topological polar surface area (TPSA) is 12.4 Å². The summed E-state index contributed by atoms with van der Waals surface area (Å²) in [5.74, 6) is 0.365. The van der Waals surface area contributed by atoms with E-state index in [0.717, 1.165) is 24.1 Å². The number of hydrogen-bond donors (Lipinski definition) is 0. The Bertz CT molecular complexity index is 604. The van der Waals surface area contributed by atoms with Crippen molar-refractivity contribution in [1.29, 1.82) is 0 Å². The molecular weight excluding hydrogens is 254 g/mol. The van der Waals surface area contributed by atoms with Gasteiger partial charge in [-0.2, -0.15) is 0 Å². The zero-order valence-corrected chi connectivity index (χ0v) is 12.8. The van der Waals surface area contributed by atoms with Crippen LogP contribution in [-0.4, -0.2) is 11.8 Å². The quantitative estimate of drug-likeness (QED) is 0.499. The van der Waals surface area contributed by atoms with E-state index in [1.54, 1.807) is 0 Å². The summed E-state index contributed by atoms with van der Waals surface area (Å²) in [6, 6.07) is 8.60. The van der Waals surface area contributed by atoms with Crippen molar-refractivity contribution in [2.24, 2.45) is 4.99 Å². The molecule has 0 amide bonds. The van der Waals surface area contributed by atoms with E-state index in [-0.39, 0.29) is 6.04 Å². The molecule has 0 fully saturated rings. The Kier molecular flexibility index (Phi) is 5.10. The van der Waals surface area contributed by atoms with Crippen molar-refractivity contribution in [3.05, 3.63) is 85.0 Å². The molecule has 1 aromatic carbocycles. The molecule has 1 heteroatoms. The lowest BCUT2D eigenvalue weighted by atomic mass is 9.80. The van der Waals surface area contributed by atoms with Crippen molar-refractivity contribution in [1.82, 2.24) is 0 Å². The second kappa shape index (κ2) is 7.03. The summed E-state index contributed by atoms with van der Waals surface area (Å²) in [5, 5.41) is 0. The number of benzene rings is 1. The largest absolute Gasteiger partial charge is 0.277 e. The van der Waals surface area contributed by atoms with E-state index in [1.165, 1.54) is 11.1 Å². The molecule has 1 aliphatic heterocycles. The van der Waals surface area contributed by atoms with Gasteiger partial charge in [0.05, 0.1) is 11.8 Å². The van der Waals surface area contributed by atoms with Gasteiger partial charge in [0.2, 0.25) is 0 Å². The third-order valence-electron chi connectivity index (χ3n) is 3.95. The Morgan fingerprint density at radius 3 is 2.71 bits per heavy atom. The van der Waals surface area contributed by atoms with Crippen molar-refractivity contribution in [3.63, 3.8) is 0 Å². The van der Waals surface area contributed by atoms with Crippen molar-refractivity contribution in [2.45, 2.75) is 31.7 Å². The summed E-state index contributed by atoms with van der Waals surface area (Å²) in [5.41, 5.74) is 4.68. The van der Waals surface area contributed by atoms with Gasteiger partial charge in [-0.3, -0.25) is 4.99 Å². The Morgan fingerprint density at radius 1 is 1.29 bits per heavy atom. The fraction of sp³-hybridized carbons (Fsp3) is 0.250. The summed E-state index contributed by atoms with van der Waals surface area (Å²) in [4.78, 5) is 4.80. The second-order valence-electron chi connectivity index (χ2n) is 5.34. The molecule has 2 atom stereocenters. The molecule has 1 nitrogen and oxygen atoms in total. The van der Waals surface area contributed by atoms with Crippen LogP contribution in [0.15, 0.2) is 78.9 Å². The fourth-order valence-corrected chi connectivity index (χ4v) is 2.92. The molecule has 2 rings (SSSR count). The van der Waals surface area contributed by atoms with E-state index >= 15 is 0 Å². The molecule has 0 aromatic heterocycles. The SMILES string of the molecule is C=CC1=NC(C=C)C(CCC(=C)/C=C\C)c2ccccc21. The normalized spacial score (nSPS) is 20.7. The van der Waals surface area contributed by atoms with Crippen LogP contribution in [0.4, 0.5) is 0 Å². The van der Waals surface area contributed by atoms with Crippen LogP contribution < -0.4 is 0 Å². The minimum atomic E-state index is 0.117. The Hall–Kier alpha value is -2.15. The molecule has 2 unspecified atom stereocenters. The summed E-state index contributed by atoms with van der Waals surface area (Å²) in [6.45, 7) is 14.0. The van der Waals surface area contributed by atoms with Gasteiger partial charge in [-0.1, -0.05) is 61.2 Å². The molecule has 0 spiro atoms. The van der Waals surface area contributed by atoms with Crippen molar-refractivity contribution < 1.29 is 0 Å². The molecule has 0 aliphatic carbocycles. The second-order valence-corrected chi connectivity index (χ2v) is 5.34. The van der Waals surface area contributed by atoms with Gasteiger partial charge >= 0.3 is 0 Å². The van der Waals surface area contributed by atoms with Crippen LogP contribution in [0.1, 0.15) is 36.8 Å². The molecule has 1 aromatic rings. The average molecular weight is 277 g/mol. The number of aliphatic imine (C=N–C) groups is 1. The van der Waals surface area contributed by atoms with Gasteiger partial charge in [0, 0.05) is 11.5 Å². The number of hydrogen-bond acceptors (Lipinski definition) is 1. The summed E-state index contributed by atoms with van der Waals surface area (Å²) < 4.78 is 0. The summed E-state index contributed by atoms with van der Waals surface area (Å²) >= 11 is 0. The third-order valence-corrected chi connectivity index (χ3v) is 3.95. The molecule has 0 saturated carbocycles. The molecular formula is C20H23N. The molecule has 0 N–H and O–H groups in total. The van der Waals surface area contributed by atoms with Gasteiger partial charge in [0.25, 0.3) is 0 Å². The van der Waals surface area contributed by atoms with E-state index in [9.17, 15) is 0 Å². The number of rotatable bonds is 6. The first kappa shape index (κ1) is 15.2. The zero-order chi connectivity index (χ0) is 15.2. The Labute approximate surface area is 128 Å². The first-order chi connectivity index (χ1) is 10.2. The van der Waals surface area contributed by atoms with Crippen LogP contribution in [0.25, 0.3) is 0 Å². The van der Waals surface area contributed by atoms with Crippen LogP contribution in [0.3, 0.4) is 0 Å². The van der Waals surface area contributed by atoms with Gasteiger partial charge in [-0.25, -0.2) is 0 Å². The van der Waals surface area contributed by atoms with Gasteiger partial charge < -0.3 is 0 Å². The van der Waals surface area contributed by atoms with Gasteiger partial charge in [-0.15, -0.1) is 6.58 Å². The maximum absolute atomic E-state index is 4.80. The minimum Gasteiger partial charge on any atom is -0.277 e. The minimum absolute atomic E-state index is 0.117. The highest BCUT2D eigenvalue weighted by Crippen LogP contribution is 2.35. The van der Waals surface area contributed by atoms with E-state index < -0.39 is 0 Å². The molecule has 1 heterocycles. The van der Waals surface area contributed by atoms with Crippen LogP contribution in [0.2, 0.25) is 0 Å². The fourth-order valence-electron chi connectivity index (χ4n) is 2.92. The van der Waals surface area contributed by atoms with Crippen LogP contribution in [0, 0.1) is 0 Å². The van der Waals surface area contributed by atoms with Crippen LogP contribution in [-0.2, 0) is 0 Å². The Balaban J connectivity index is 2.31. The molecule has 1 aliphatic rings. The highest BCUT2D eigenvalue weighted by Gasteiger charge is 2.27. The molecule has 108 valence electrons. The van der Waals surface area contributed by atoms with Gasteiger partial charge in [-0.05, 0) is 31.4 Å². The van der Waals surface area contributed by atoms with Crippen molar-refractivity contribution in [2.75, 3.05) is 0 Å². The van der Waals surface area contributed by atoms with Crippen LogP contribution >= 0.6 is 0 Å². The predicted molar refractivity (Wildman–Crippen MR) is 93.1 cm³/mol. The maximum atomic E-state index is 4.80. The van der Waals surface area contributed by atoms with Crippen molar-refractivity contribution >= 4 is 5.71 Å². The molecule has 0 saturated heterocycles. The highest BCUT2D eigenvalue weighted by atomic mass is 14.8. The van der Waals surface area contributed by atoms with E-state index in [2.05, 4.69) is 50.1 Å². The van der Waals surface area contributed by atoms with Crippen LogP contribution in [0.5, 0.6) is 0 Å². The number of fused-ring (bicyclic) bond motifs is 1. The third kappa shape index (κ3) is 3.30. The standard InChI is InChI=1S/C20H23N/c1-5-10-15(4)13-14-18-16-11-8-9-12-17(16)19(6-2)21-20(18)7-3/h5-12,18,20H,2-4,13-14H2,1H3/b10-5-. The lowest BCUT2D eigenvalue weighted by Gasteiger charge is -2.29. The van der Waals surface area contributed by atoms with E-state index in [1.807, 2.05) is 25.2 Å². The number of allylic oxidation sites excluding steroid dienone is 4. The maximum Gasteiger partial charge on any atom is 0.0753 e. The smallest absolute Gasteiger partial charge is 0.0753 e. The molecule has 0 bridgehead atoms. The lowest BCUT2D eigenvalue weighted by molar-refractivity contribution is 0.560. The van der Waals surface area contributed by atoms with Gasteiger partial charge in [0.15, 0.2) is 0 Å².